The lowest BCUT2D eigenvalue weighted by molar-refractivity contribution is -0.147. The molecule has 9 heteroatoms. The highest BCUT2D eigenvalue weighted by Gasteiger charge is 2.12. The van der Waals surface area contributed by atoms with Crippen LogP contribution in [0.3, 0.4) is 0 Å². The average Bonchev–Trinajstić information content (AvgIpc) is 2.80. The van der Waals surface area contributed by atoms with Gasteiger partial charge in [0.15, 0.2) is 6.61 Å². The van der Waals surface area contributed by atoms with Gasteiger partial charge in [-0.3, -0.25) is 14.4 Å². The number of hydrogen-bond donors (Lipinski definition) is 2. The maximum Gasteiger partial charge on any atom is 0.306 e. The van der Waals surface area contributed by atoms with Crippen molar-refractivity contribution in [2.75, 3.05) is 17.2 Å². The Hall–Kier alpha value is -3.55. The number of halogens is 2. The van der Waals surface area contributed by atoms with Crippen LogP contribution >= 0.6 is 23.2 Å². The molecule has 3 aromatic carbocycles. The minimum absolute atomic E-state index is 0.0893. The van der Waals surface area contributed by atoms with Crippen LogP contribution in [0.15, 0.2) is 72.8 Å². The summed E-state index contributed by atoms with van der Waals surface area (Å²) < 4.78 is 10.6. The van der Waals surface area contributed by atoms with Crippen LogP contribution in [0.2, 0.25) is 10.0 Å². The monoisotopic (exact) mass is 486 g/mol. The number of ether oxygens (including phenoxy) is 2. The Morgan fingerprint density at radius 2 is 1.36 bits per heavy atom. The van der Waals surface area contributed by atoms with Crippen molar-refractivity contribution in [3.8, 4) is 11.5 Å². The summed E-state index contributed by atoms with van der Waals surface area (Å²) in [4.78, 5) is 35.8. The highest BCUT2D eigenvalue weighted by atomic mass is 35.5. The van der Waals surface area contributed by atoms with Crippen molar-refractivity contribution in [2.24, 2.45) is 0 Å². The first-order valence-corrected chi connectivity index (χ1v) is 10.7. The van der Waals surface area contributed by atoms with Crippen molar-refractivity contribution in [1.82, 2.24) is 0 Å². The number of benzene rings is 3. The van der Waals surface area contributed by atoms with Crippen molar-refractivity contribution >= 4 is 52.4 Å². The van der Waals surface area contributed by atoms with Gasteiger partial charge < -0.3 is 20.1 Å². The lowest BCUT2D eigenvalue weighted by Gasteiger charge is -2.09. The fraction of sp³-hybridized carbons (Fsp3) is 0.125. The smallest absolute Gasteiger partial charge is 0.306 e. The third kappa shape index (κ3) is 8.14. The summed E-state index contributed by atoms with van der Waals surface area (Å²) in [7, 11) is 0. The Morgan fingerprint density at radius 1 is 0.727 bits per heavy atom. The quantitative estimate of drug-likeness (QED) is 0.379. The molecule has 0 heterocycles. The fourth-order valence-electron chi connectivity index (χ4n) is 2.65. The summed E-state index contributed by atoms with van der Waals surface area (Å²) >= 11 is 11.8. The van der Waals surface area contributed by atoms with Gasteiger partial charge in [-0.1, -0.05) is 35.3 Å². The normalized spacial score (nSPS) is 10.2. The lowest BCUT2D eigenvalue weighted by atomic mass is 10.2. The van der Waals surface area contributed by atoms with Crippen LogP contribution in [0.4, 0.5) is 11.4 Å². The Bertz CT molecular complexity index is 1120. The van der Waals surface area contributed by atoms with E-state index in [4.69, 9.17) is 32.7 Å². The number of carbonyl (C=O) groups is 3. The zero-order valence-electron chi connectivity index (χ0n) is 17.3. The van der Waals surface area contributed by atoms with Gasteiger partial charge in [0, 0.05) is 17.1 Å². The molecule has 0 saturated heterocycles. The summed E-state index contributed by atoms with van der Waals surface area (Å²) in [6.07, 6.45) is -0.253. The Labute approximate surface area is 200 Å². The van der Waals surface area contributed by atoms with Gasteiger partial charge in [0.1, 0.15) is 11.5 Å². The molecule has 0 bridgehead atoms. The maximum absolute atomic E-state index is 12.1. The predicted octanol–water partition coefficient (Wildman–Crippen LogP) is 5.69. The number of amides is 2. The van der Waals surface area contributed by atoms with Crippen LogP contribution < -0.4 is 15.4 Å². The predicted molar refractivity (Wildman–Crippen MR) is 127 cm³/mol. The zero-order chi connectivity index (χ0) is 23.6. The second-order valence-electron chi connectivity index (χ2n) is 6.82. The van der Waals surface area contributed by atoms with E-state index in [-0.39, 0.29) is 18.7 Å². The number of anilines is 2. The topological polar surface area (TPSA) is 93.7 Å². The number of para-hydroxylation sites is 1. The third-order valence-corrected chi connectivity index (χ3v) is 4.84. The van der Waals surface area contributed by atoms with Crippen molar-refractivity contribution in [3.05, 3.63) is 82.8 Å². The van der Waals surface area contributed by atoms with Gasteiger partial charge in [0.25, 0.3) is 5.91 Å². The second-order valence-corrected chi connectivity index (χ2v) is 7.66. The molecule has 0 saturated carbocycles. The number of carbonyl (C=O) groups excluding carboxylic acids is 3. The van der Waals surface area contributed by atoms with Crippen LogP contribution in [0.25, 0.3) is 0 Å². The first-order chi connectivity index (χ1) is 15.9. The van der Waals surface area contributed by atoms with Crippen LogP contribution in [0, 0.1) is 0 Å². The van der Waals surface area contributed by atoms with Crippen molar-refractivity contribution in [3.63, 3.8) is 0 Å². The van der Waals surface area contributed by atoms with E-state index in [2.05, 4.69) is 10.6 Å². The Kier molecular flexibility index (Phi) is 8.69. The number of rotatable bonds is 9. The molecule has 7 nitrogen and oxygen atoms in total. The first-order valence-electron chi connectivity index (χ1n) is 9.92. The first kappa shape index (κ1) is 24.1. The summed E-state index contributed by atoms with van der Waals surface area (Å²) in [5.74, 6) is -0.323. The van der Waals surface area contributed by atoms with E-state index in [0.717, 1.165) is 0 Å². The molecule has 0 fully saturated rings. The van der Waals surface area contributed by atoms with Gasteiger partial charge >= 0.3 is 5.97 Å². The molecule has 0 aromatic heterocycles. The molecular weight excluding hydrogens is 467 g/mol. The minimum atomic E-state index is -0.661. The summed E-state index contributed by atoms with van der Waals surface area (Å²) in [5.41, 5.74) is 0.972. The zero-order valence-corrected chi connectivity index (χ0v) is 18.9. The van der Waals surface area contributed by atoms with Crippen LogP contribution in [-0.4, -0.2) is 24.4 Å². The number of nitrogens with one attached hydrogen (secondary N) is 2. The molecule has 0 atom stereocenters. The maximum atomic E-state index is 12.1. The molecular formula is C24H20Cl2N2O5. The molecule has 3 aromatic rings. The lowest BCUT2D eigenvalue weighted by Crippen LogP contribution is -2.22. The van der Waals surface area contributed by atoms with Crippen molar-refractivity contribution < 1.29 is 23.9 Å². The SMILES string of the molecule is O=C(CCC(=O)OCC(=O)Nc1ccccc1Cl)Nc1ccc(Oc2ccc(Cl)cc2)cc1. The van der Waals surface area contributed by atoms with Gasteiger partial charge in [-0.2, -0.15) is 0 Å². The molecule has 2 N–H and O–H groups in total. The molecule has 0 spiro atoms. The van der Waals surface area contributed by atoms with Crippen molar-refractivity contribution in [2.45, 2.75) is 12.8 Å². The fourth-order valence-corrected chi connectivity index (χ4v) is 2.96. The summed E-state index contributed by atoms with van der Waals surface area (Å²) in [6.45, 7) is -0.471. The Morgan fingerprint density at radius 3 is 2.03 bits per heavy atom. The molecule has 0 radical (unpaired) electrons. The molecule has 170 valence electrons. The highest BCUT2D eigenvalue weighted by molar-refractivity contribution is 6.33. The molecule has 2 amide bonds. The van der Waals surface area contributed by atoms with E-state index < -0.39 is 18.5 Å². The Balaban J connectivity index is 1.37. The number of hydrogen-bond acceptors (Lipinski definition) is 5. The van der Waals surface area contributed by atoms with E-state index in [0.29, 0.717) is 32.9 Å². The van der Waals surface area contributed by atoms with Crippen LogP contribution in [-0.2, 0) is 19.1 Å². The van der Waals surface area contributed by atoms with Gasteiger partial charge in [-0.25, -0.2) is 0 Å². The van der Waals surface area contributed by atoms with Crippen LogP contribution in [0.5, 0.6) is 11.5 Å². The highest BCUT2D eigenvalue weighted by Crippen LogP contribution is 2.24. The van der Waals surface area contributed by atoms with E-state index >= 15 is 0 Å². The van der Waals surface area contributed by atoms with E-state index in [1.165, 1.54) is 0 Å². The minimum Gasteiger partial charge on any atom is -0.457 e. The van der Waals surface area contributed by atoms with Gasteiger partial charge in [0.05, 0.1) is 17.1 Å². The molecule has 0 aliphatic carbocycles. The molecule has 0 unspecified atom stereocenters. The van der Waals surface area contributed by atoms with E-state index in [9.17, 15) is 14.4 Å². The molecule has 33 heavy (non-hydrogen) atoms. The van der Waals surface area contributed by atoms with Crippen molar-refractivity contribution in [1.29, 1.82) is 0 Å². The largest absolute Gasteiger partial charge is 0.457 e. The summed E-state index contributed by atoms with van der Waals surface area (Å²) in [6, 6.07) is 20.4. The second kappa shape index (κ2) is 11.9. The van der Waals surface area contributed by atoms with Crippen LogP contribution in [0.1, 0.15) is 12.8 Å². The summed E-state index contributed by atoms with van der Waals surface area (Å²) in [5, 5.41) is 6.22. The van der Waals surface area contributed by atoms with E-state index in [1.807, 2.05) is 0 Å². The third-order valence-electron chi connectivity index (χ3n) is 4.26. The van der Waals surface area contributed by atoms with Gasteiger partial charge in [0.2, 0.25) is 5.91 Å². The molecule has 3 rings (SSSR count). The molecule has 0 aliphatic rings. The molecule has 0 aliphatic heterocycles. The van der Waals surface area contributed by atoms with Gasteiger partial charge in [-0.15, -0.1) is 0 Å². The number of esters is 1. The van der Waals surface area contributed by atoms with E-state index in [1.54, 1.807) is 72.8 Å². The standard InChI is InChI=1S/C24H20Cl2N2O5/c25-16-5-9-18(10-6-16)33-19-11-7-17(8-12-19)27-22(29)13-14-24(31)32-15-23(30)28-21-4-2-1-3-20(21)26/h1-12H,13-15H2,(H,27,29)(H,28,30). The average molecular weight is 487 g/mol. The van der Waals surface area contributed by atoms with Gasteiger partial charge in [-0.05, 0) is 60.7 Å².